The quantitative estimate of drug-likeness (QED) is 0.106. The van der Waals surface area contributed by atoms with Crippen LogP contribution >= 0.6 is 0 Å². The van der Waals surface area contributed by atoms with Crippen LogP contribution in [0.3, 0.4) is 0 Å². The molecule has 8 heteroatoms. The van der Waals surface area contributed by atoms with E-state index in [0.717, 1.165) is 72.5 Å². The van der Waals surface area contributed by atoms with Gasteiger partial charge in [0.1, 0.15) is 73.8 Å². The van der Waals surface area contributed by atoms with Crippen molar-refractivity contribution in [2.24, 2.45) is 0 Å². The van der Waals surface area contributed by atoms with E-state index < -0.39 is 0 Å². The number of hydrogen-bond donors (Lipinski definition) is 0. The van der Waals surface area contributed by atoms with Gasteiger partial charge < -0.3 is 37.9 Å². The third-order valence-electron chi connectivity index (χ3n) is 8.35. The van der Waals surface area contributed by atoms with Gasteiger partial charge in [-0.25, -0.2) is 0 Å². The number of aryl methyl sites for hydroxylation is 1. The molecule has 4 aliphatic heterocycles. The lowest BCUT2D eigenvalue weighted by Gasteiger charge is -2.25. The second-order valence-electron chi connectivity index (χ2n) is 12.1. The van der Waals surface area contributed by atoms with Crippen molar-refractivity contribution < 1.29 is 37.9 Å². The first-order valence-electron chi connectivity index (χ1n) is 16.6. The minimum absolute atomic E-state index is 0.149. The first-order valence-corrected chi connectivity index (χ1v) is 16.6. The Morgan fingerprint density at radius 1 is 0.468 bits per heavy atom. The first kappa shape index (κ1) is 31.5. The van der Waals surface area contributed by atoms with Crippen molar-refractivity contribution in [3.63, 3.8) is 0 Å². The van der Waals surface area contributed by atoms with Crippen molar-refractivity contribution in [3.8, 4) is 23.0 Å². The predicted molar refractivity (Wildman–Crippen MR) is 177 cm³/mol. The van der Waals surface area contributed by atoms with Gasteiger partial charge in [0.25, 0.3) is 0 Å². The highest BCUT2D eigenvalue weighted by molar-refractivity contribution is 5.56. The highest BCUT2D eigenvalue weighted by atomic mass is 16.6. The molecule has 8 rings (SSSR count). The summed E-state index contributed by atoms with van der Waals surface area (Å²) in [6.45, 7) is 7.57. The van der Waals surface area contributed by atoms with E-state index in [1.807, 2.05) is 72.8 Å². The molecule has 0 amide bonds. The third kappa shape index (κ3) is 9.05. The fraction of sp³-hybridized carbons (Fsp3) is 0.385. The molecule has 0 saturated carbocycles. The maximum Gasteiger partial charge on any atom is 0.123 e. The predicted octanol–water partition coefficient (Wildman–Crippen LogP) is 6.23. The van der Waals surface area contributed by atoms with Gasteiger partial charge in [-0.15, -0.1) is 0 Å². The van der Waals surface area contributed by atoms with Crippen molar-refractivity contribution in [3.05, 3.63) is 119 Å². The smallest absolute Gasteiger partial charge is 0.123 e. The van der Waals surface area contributed by atoms with Gasteiger partial charge in [-0.1, -0.05) is 79.7 Å². The van der Waals surface area contributed by atoms with Crippen LogP contribution in [0.2, 0.25) is 0 Å². The van der Waals surface area contributed by atoms with Crippen molar-refractivity contribution in [1.82, 2.24) is 0 Å². The molecule has 0 N–H and O–H groups in total. The maximum absolute atomic E-state index is 6.23. The molecule has 4 heterocycles. The number of ether oxygens (including phenoxy) is 8. The molecule has 0 aliphatic carbocycles. The molecular weight excluding hydrogens is 596 g/mol. The van der Waals surface area contributed by atoms with Gasteiger partial charge in [-0.05, 0) is 36.2 Å². The topological polar surface area (TPSA) is 87.0 Å². The zero-order chi connectivity index (χ0) is 31.8. The van der Waals surface area contributed by atoms with Crippen LogP contribution in [0.5, 0.6) is 23.0 Å². The zero-order valence-corrected chi connectivity index (χ0v) is 26.8. The Labute approximate surface area is 276 Å². The van der Waals surface area contributed by atoms with Crippen LogP contribution in [0.1, 0.15) is 35.1 Å². The van der Waals surface area contributed by atoms with Gasteiger partial charge in [0.15, 0.2) is 0 Å². The van der Waals surface area contributed by atoms with Crippen LogP contribution in [0.15, 0.2) is 97.1 Å². The molecule has 4 saturated heterocycles. The van der Waals surface area contributed by atoms with Crippen molar-refractivity contribution >= 4 is 0 Å². The van der Waals surface area contributed by atoms with Crippen LogP contribution in [0, 0.1) is 0 Å². The lowest BCUT2D eigenvalue weighted by atomic mass is 9.83. The maximum atomic E-state index is 6.23. The number of benzene rings is 4. The van der Waals surface area contributed by atoms with E-state index in [4.69, 9.17) is 37.9 Å². The number of epoxide rings is 4. The van der Waals surface area contributed by atoms with Gasteiger partial charge in [0.05, 0.1) is 26.4 Å². The summed E-state index contributed by atoms with van der Waals surface area (Å²) in [5, 5.41) is 0. The fourth-order valence-electron chi connectivity index (χ4n) is 5.38. The van der Waals surface area contributed by atoms with Gasteiger partial charge in [0, 0.05) is 22.6 Å². The molecule has 4 aromatic carbocycles. The second-order valence-corrected chi connectivity index (χ2v) is 12.1. The van der Waals surface area contributed by atoms with Gasteiger partial charge in [-0.3, -0.25) is 0 Å². The van der Waals surface area contributed by atoms with E-state index in [1.165, 1.54) is 5.56 Å². The summed E-state index contributed by atoms with van der Waals surface area (Å²) in [5.41, 5.74) is 4.44. The Bertz CT molecular complexity index is 1450. The SMILES string of the molecule is CCc1ccccc1OCC1CO1.c1ccc(C(c2ccccc2OCC2CO2)c2ccccc2OCC2CO2)c(OCC2CO2)c1. The lowest BCUT2D eigenvalue weighted by molar-refractivity contribution is 0.255. The number of hydrogen-bond acceptors (Lipinski definition) is 8. The molecule has 4 fully saturated rings. The second kappa shape index (κ2) is 15.2. The van der Waals surface area contributed by atoms with Crippen LogP contribution in [0.4, 0.5) is 0 Å². The van der Waals surface area contributed by atoms with Crippen molar-refractivity contribution in [2.75, 3.05) is 52.9 Å². The van der Waals surface area contributed by atoms with Crippen LogP contribution in [0.25, 0.3) is 0 Å². The van der Waals surface area contributed by atoms with E-state index in [-0.39, 0.29) is 24.2 Å². The summed E-state index contributed by atoms with van der Waals surface area (Å²) in [5.74, 6) is 3.36. The standard InChI is InChI=1S/C28H28O6.C11H14O2/c1-4-10-25(32-16-19-13-29-19)22(7-1)28(23-8-2-5-11-26(23)33-17-20-14-30-20)24-9-3-6-12-27(24)34-18-21-15-31-21;1-2-9-5-3-4-6-11(9)13-8-10-7-12-10/h1-12,19-21,28H,13-18H2;3-6,10H,2,7-8H2,1H3. The van der Waals surface area contributed by atoms with Gasteiger partial charge >= 0.3 is 0 Å². The molecule has 0 aromatic heterocycles. The summed E-state index contributed by atoms with van der Waals surface area (Å²) in [6.07, 6.45) is 1.88. The Hall–Kier alpha value is -4.08. The van der Waals surface area contributed by atoms with Crippen LogP contribution in [-0.2, 0) is 25.4 Å². The molecule has 0 spiro atoms. The minimum atomic E-state index is -0.149. The lowest BCUT2D eigenvalue weighted by Crippen LogP contribution is -2.14. The molecule has 0 radical (unpaired) electrons. The molecule has 4 unspecified atom stereocenters. The monoisotopic (exact) mass is 638 g/mol. The average molecular weight is 639 g/mol. The normalized spacial score (nSPS) is 22.2. The van der Waals surface area contributed by atoms with E-state index in [2.05, 4.69) is 31.2 Å². The van der Waals surface area contributed by atoms with E-state index in [1.54, 1.807) is 0 Å². The number of rotatable bonds is 16. The van der Waals surface area contributed by atoms with Crippen LogP contribution < -0.4 is 18.9 Å². The van der Waals surface area contributed by atoms with Crippen molar-refractivity contribution in [1.29, 1.82) is 0 Å². The summed E-state index contributed by atoms with van der Waals surface area (Å²) in [6, 6.07) is 32.7. The molecular formula is C39H42O8. The first-order chi connectivity index (χ1) is 23.2. The summed E-state index contributed by atoms with van der Waals surface area (Å²) in [4.78, 5) is 0. The molecule has 0 bridgehead atoms. The zero-order valence-electron chi connectivity index (χ0n) is 26.8. The minimum Gasteiger partial charge on any atom is -0.491 e. The van der Waals surface area contributed by atoms with Crippen LogP contribution in [-0.4, -0.2) is 77.3 Å². The molecule has 8 nitrogen and oxygen atoms in total. The summed E-state index contributed by atoms with van der Waals surface area (Å²) < 4.78 is 45.5. The van der Waals surface area contributed by atoms with E-state index in [0.29, 0.717) is 32.5 Å². The molecule has 246 valence electrons. The Morgan fingerprint density at radius 3 is 1.11 bits per heavy atom. The highest BCUT2D eigenvalue weighted by Crippen LogP contribution is 2.44. The molecule has 47 heavy (non-hydrogen) atoms. The summed E-state index contributed by atoms with van der Waals surface area (Å²) in [7, 11) is 0. The van der Waals surface area contributed by atoms with E-state index in [9.17, 15) is 0 Å². The Morgan fingerprint density at radius 2 is 0.766 bits per heavy atom. The Kier molecular flexibility index (Phi) is 10.2. The fourth-order valence-corrected chi connectivity index (χ4v) is 5.38. The summed E-state index contributed by atoms with van der Waals surface area (Å²) >= 11 is 0. The molecule has 4 aromatic rings. The number of para-hydroxylation sites is 4. The third-order valence-corrected chi connectivity index (χ3v) is 8.35. The highest BCUT2D eigenvalue weighted by Gasteiger charge is 2.31. The molecule has 4 atom stereocenters. The largest absolute Gasteiger partial charge is 0.491 e. The van der Waals surface area contributed by atoms with Gasteiger partial charge in [0.2, 0.25) is 0 Å². The van der Waals surface area contributed by atoms with E-state index >= 15 is 0 Å². The van der Waals surface area contributed by atoms with Crippen molar-refractivity contribution in [2.45, 2.75) is 43.7 Å². The average Bonchev–Trinajstić information content (AvgIpc) is 3.94. The molecule has 4 aliphatic rings. The Balaban J connectivity index is 0.000000226. The van der Waals surface area contributed by atoms with Gasteiger partial charge in [-0.2, -0.15) is 0 Å².